The highest BCUT2D eigenvalue weighted by atomic mass is 16.3. The van der Waals surface area contributed by atoms with Crippen molar-refractivity contribution in [1.29, 1.82) is 0 Å². The molecule has 0 spiro atoms. The number of rotatable bonds is 3. The van der Waals surface area contributed by atoms with Crippen molar-refractivity contribution in [3.8, 4) is 5.75 Å². The summed E-state index contributed by atoms with van der Waals surface area (Å²) in [4.78, 5) is 4.09. The van der Waals surface area contributed by atoms with Gasteiger partial charge in [0, 0.05) is 11.8 Å². The fourth-order valence-corrected chi connectivity index (χ4v) is 1.41. The number of hydrogen-bond acceptors (Lipinski definition) is 4. The second-order valence-corrected chi connectivity index (χ2v) is 3.54. The average molecular weight is 227 g/mol. The van der Waals surface area contributed by atoms with Crippen molar-refractivity contribution in [2.24, 2.45) is 5.10 Å². The van der Waals surface area contributed by atoms with E-state index in [-0.39, 0.29) is 5.75 Å². The Hall–Kier alpha value is -2.36. The van der Waals surface area contributed by atoms with Crippen molar-refractivity contribution >= 4 is 11.5 Å². The number of aromatic hydroxyl groups is 1. The summed E-state index contributed by atoms with van der Waals surface area (Å²) in [5, 5.41) is 13.8. The minimum atomic E-state index is 0.219. The second kappa shape index (κ2) is 5.12. The van der Waals surface area contributed by atoms with Crippen molar-refractivity contribution in [3.63, 3.8) is 0 Å². The third kappa shape index (κ3) is 2.81. The smallest absolute Gasteiger partial charge is 0.146 e. The van der Waals surface area contributed by atoms with Crippen LogP contribution in [-0.2, 0) is 0 Å². The highest BCUT2D eigenvalue weighted by Gasteiger charge is 2.02. The molecule has 2 aromatic rings. The van der Waals surface area contributed by atoms with Crippen molar-refractivity contribution in [1.82, 2.24) is 4.98 Å². The minimum absolute atomic E-state index is 0.219. The highest BCUT2D eigenvalue weighted by molar-refractivity contribution is 6.01. The van der Waals surface area contributed by atoms with E-state index in [9.17, 15) is 5.11 Å². The number of phenols is 1. The third-order valence-electron chi connectivity index (χ3n) is 2.30. The topological polar surface area (TPSA) is 57.5 Å². The molecular weight excluding hydrogens is 214 g/mol. The van der Waals surface area contributed by atoms with Crippen LogP contribution in [0.4, 0.5) is 5.82 Å². The van der Waals surface area contributed by atoms with Gasteiger partial charge in [-0.2, -0.15) is 5.10 Å². The van der Waals surface area contributed by atoms with E-state index >= 15 is 0 Å². The minimum Gasteiger partial charge on any atom is -0.507 e. The maximum absolute atomic E-state index is 9.65. The Bertz CT molecular complexity index is 523. The lowest BCUT2D eigenvalue weighted by atomic mass is 10.1. The molecule has 4 nitrogen and oxygen atoms in total. The fourth-order valence-electron chi connectivity index (χ4n) is 1.41. The van der Waals surface area contributed by atoms with Crippen LogP contribution in [0.5, 0.6) is 5.75 Å². The van der Waals surface area contributed by atoms with Gasteiger partial charge >= 0.3 is 0 Å². The predicted octanol–water partition coefficient (Wildman–Crippen LogP) is 2.62. The lowest BCUT2D eigenvalue weighted by molar-refractivity contribution is 0.474. The number of benzene rings is 1. The Kier molecular flexibility index (Phi) is 3.35. The molecule has 0 radical (unpaired) electrons. The number of phenolic OH excluding ortho intramolecular Hbond substituents is 1. The van der Waals surface area contributed by atoms with Crippen LogP contribution in [0.25, 0.3) is 0 Å². The number of nitrogens with one attached hydrogen (secondary N) is 1. The SMILES string of the molecule is C/C(=N/Nc1ccccn1)c1ccccc1O. The lowest BCUT2D eigenvalue weighted by Gasteiger charge is -2.04. The zero-order chi connectivity index (χ0) is 12.1. The Labute approximate surface area is 99.6 Å². The summed E-state index contributed by atoms with van der Waals surface area (Å²) < 4.78 is 0. The molecule has 0 bridgehead atoms. The summed E-state index contributed by atoms with van der Waals surface area (Å²) in [5.74, 6) is 0.888. The van der Waals surface area contributed by atoms with Gasteiger partial charge in [0.2, 0.25) is 0 Å². The van der Waals surface area contributed by atoms with E-state index in [1.54, 1.807) is 18.3 Å². The van der Waals surface area contributed by atoms with Gasteiger partial charge in [-0.15, -0.1) is 0 Å². The van der Waals surface area contributed by atoms with E-state index < -0.39 is 0 Å². The molecule has 0 aliphatic carbocycles. The molecular formula is C13H13N3O. The predicted molar refractivity (Wildman–Crippen MR) is 68.2 cm³/mol. The molecule has 86 valence electrons. The first-order chi connectivity index (χ1) is 8.27. The molecule has 4 heteroatoms. The third-order valence-corrected chi connectivity index (χ3v) is 2.30. The van der Waals surface area contributed by atoms with Crippen molar-refractivity contribution in [2.45, 2.75) is 6.92 Å². The number of nitrogens with zero attached hydrogens (tertiary/aromatic N) is 2. The number of para-hydroxylation sites is 1. The van der Waals surface area contributed by atoms with E-state index in [4.69, 9.17) is 0 Å². The van der Waals surface area contributed by atoms with Crippen molar-refractivity contribution < 1.29 is 5.11 Å². The van der Waals surface area contributed by atoms with Gasteiger partial charge in [0.25, 0.3) is 0 Å². The Balaban J connectivity index is 2.16. The van der Waals surface area contributed by atoms with Gasteiger partial charge in [0.05, 0.1) is 5.71 Å². The summed E-state index contributed by atoms with van der Waals surface area (Å²) in [6, 6.07) is 12.6. The molecule has 0 unspecified atom stereocenters. The number of hydrazone groups is 1. The van der Waals surface area contributed by atoms with E-state index in [0.29, 0.717) is 17.1 Å². The molecule has 0 fully saturated rings. The lowest BCUT2D eigenvalue weighted by Crippen LogP contribution is -2.00. The Morgan fingerprint density at radius 1 is 1.18 bits per heavy atom. The zero-order valence-electron chi connectivity index (χ0n) is 9.46. The van der Waals surface area contributed by atoms with Crippen LogP contribution in [0.15, 0.2) is 53.8 Å². The Morgan fingerprint density at radius 3 is 2.65 bits per heavy atom. The first-order valence-corrected chi connectivity index (χ1v) is 5.27. The van der Waals surface area contributed by atoms with E-state index in [1.165, 1.54) is 0 Å². The molecule has 0 atom stereocenters. The quantitative estimate of drug-likeness (QED) is 0.626. The van der Waals surface area contributed by atoms with Gasteiger partial charge in [0.15, 0.2) is 0 Å². The maximum atomic E-state index is 9.65. The normalized spacial score (nSPS) is 11.2. The summed E-state index contributed by atoms with van der Waals surface area (Å²) in [7, 11) is 0. The fraction of sp³-hybridized carbons (Fsp3) is 0.0769. The Morgan fingerprint density at radius 2 is 1.94 bits per heavy atom. The van der Waals surface area contributed by atoms with Crippen molar-refractivity contribution in [3.05, 3.63) is 54.2 Å². The summed E-state index contributed by atoms with van der Waals surface area (Å²) >= 11 is 0. The van der Waals surface area contributed by atoms with Crippen LogP contribution in [0, 0.1) is 0 Å². The highest BCUT2D eigenvalue weighted by Crippen LogP contribution is 2.16. The van der Waals surface area contributed by atoms with Crippen LogP contribution < -0.4 is 5.43 Å². The summed E-state index contributed by atoms with van der Waals surface area (Å²) in [5.41, 5.74) is 4.24. The van der Waals surface area contributed by atoms with Gasteiger partial charge in [-0.25, -0.2) is 4.98 Å². The van der Waals surface area contributed by atoms with Gasteiger partial charge < -0.3 is 5.11 Å². The standard InChI is InChI=1S/C13H13N3O/c1-10(11-6-2-3-7-12(11)17)15-16-13-8-4-5-9-14-13/h2-9,17H,1H3,(H,14,16)/b15-10-. The number of pyridine rings is 1. The summed E-state index contributed by atoms with van der Waals surface area (Å²) in [6.45, 7) is 1.82. The molecule has 0 amide bonds. The van der Waals surface area contributed by atoms with E-state index in [0.717, 1.165) is 0 Å². The van der Waals surface area contributed by atoms with Crippen LogP contribution in [0.2, 0.25) is 0 Å². The number of aromatic nitrogens is 1. The molecule has 2 rings (SSSR count). The first-order valence-electron chi connectivity index (χ1n) is 5.27. The number of anilines is 1. The molecule has 1 heterocycles. The number of hydrogen-bond donors (Lipinski definition) is 2. The molecule has 0 saturated carbocycles. The molecule has 0 aliphatic heterocycles. The van der Waals surface area contributed by atoms with Gasteiger partial charge in [-0.05, 0) is 31.2 Å². The maximum Gasteiger partial charge on any atom is 0.146 e. The van der Waals surface area contributed by atoms with Crippen LogP contribution in [-0.4, -0.2) is 15.8 Å². The monoisotopic (exact) mass is 227 g/mol. The molecule has 17 heavy (non-hydrogen) atoms. The van der Waals surface area contributed by atoms with Crippen LogP contribution in [0.1, 0.15) is 12.5 Å². The van der Waals surface area contributed by atoms with Gasteiger partial charge in [-0.3, -0.25) is 5.43 Å². The summed E-state index contributed by atoms with van der Waals surface area (Å²) in [6.07, 6.45) is 1.69. The molecule has 2 N–H and O–H groups in total. The molecule has 1 aromatic heterocycles. The largest absolute Gasteiger partial charge is 0.507 e. The first kappa shape index (κ1) is 11.1. The zero-order valence-corrected chi connectivity index (χ0v) is 9.46. The average Bonchev–Trinajstić information content (AvgIpc) is 2.38. The van der Waals surface area contributed by atoms with Gasteiger partial charge in [-0.1, -0.05) is 18.2 Å². The van der Waals surface area contributed by atoms with Crippen LogP contribution in [0.3, 0.4) is 0 Å². The second-order valence-electron chi connectivity index (χ2n) is 3.54. The van der Waals surface area contributed by atoms with E-state index in [1.807, 2.05) is 37.3 Å². The van der Waals surface area contributed by atoms with Crippen molar-refractivity contribution in [2.75, 3.05) is 5.43 Å². The van der Waals surface area contributed by atoms with E-state index in [2.05, 4.69) is 15.5 Å². The molecule has 1 aromatic carbocycles. The van der Waals surface area contributed by atoms with Gasteiger partial charge in [0.1, 0.15) is 11.6 Å². The van der Waals surface area contributed by atoms with Crippen LogP contribution >= 0.6 is 0 Å². The molecule has 0 saturated heterocycles. The molecule has 0 aliphatic rings.